The van der Waals surface area contributed by atoms with Gasteiger partial charge in [0.25, 0.3) is 5.91 Å². The highest BCUT2D eigenvalue weighted by molar-refractivity contribution is 7.16. The molecule has 1 aromatic heterocycles. The van der Waals surface area contributed by atoms with Crippen LogP contribution in [0.25, 0.3) is 0 Å². The highest BCUT2D eigenvalue weighted by Crippen LogP contribution is 2.35. The number of likely N-dealkylation sites (tertiary alicyclic amines) is 1. The van der Waals surface area contributed by atoms with Crippen LogP contribution in [-0.2, 0) is 5.41 Å². The number of carbonyl (C=O) groups excluding carboxylic acids is 1. The van der Waals surface area contributed by atoms with Gasteiger partial charge in [-0.1, -0.05) is 20.8 Å². The Morgan fingerprint density at radius 3 is 2.39 bits per heavy atom. The number of nitrogen functional groups attached to an aromatic ring is 1. The lowest BCUT2D eigenvalue weighted by Crippen LogP contribution is -2.35. The number of carbonyl (C=O) groups is 1. The van der Waals surface area contributed by atoms with Gasteiger partial charge in [0.05, 0.1) is 10.6 Å². The molecule has 0 aliphatic carbocycles. The average molecular weight is 266 g/mol. The van der Waals surface area contributed by atoms with Gasteiger partial charge in [-0.25, -0.2) is 0 Å². The van der Waals surface area contributed by atoms with E-state index in [1.54, 1.807) is 11.3 Å². The molecule has 18 heavy (non-hydrogen) atoms. The van der Waals surface area contributed by atoms with Crippen molar-refractivity contribution in [3.05, 3.63) is 16.5 Å². The van der Waals surface area contributed by atoms with E-state index in [4.69, 9.17) is 5.73 Å². The number of rotatable bonds is 1. The van der Waals surface area contributed by atoms with Gasteiger partial charge in [-0.05, 0) is 30.7 Å². The Kier molecular flexibility index (Phi) is 3.66. The average Bonchev–Trinajstić information content (AvgIpc) is 2.71. The molecule has 4 heteroatoms. The van der Waals surface area contributed by atoms with Crippen molar-refractivity contribution in [2.75, 3.05) is 18.8 Å². The summed E-state index contributed by atoms with van der Waals surface area (Å²) >= 11 is 1.54. The maximum atomic E-state index is 12.4. The zero-order valence-corrected chi connectivity index (χ0v) is 12.3. The molecular weight excluding hydrogens is 244 g/mol. The fourth-order valence-electron chi connectivity index (χ4n) is 2.21. The van der Waals surface area contributed by atoms with Crippen LogP contribution in [0.15, 0.2) is 6.07 Å². The highest BCUT2D eigenvalue weighted by atomic mass is 32.1. The summed E-state index contributed by atoms with van der Waals surface area (Å²) in [5, 5.41) is 0.662. The van der Waals surface area contributed by atoms with E-state index in [-0.39, 0.29) is 11.3 Å². The van der Waals surface area contributed by atoms with Gasteiger partial charge in [0, 0.05) is 18.0 Å². The minimum Gasteiger partial charge on any atom is -0.390 e. The number of hydrogen-bond donors (Lipinski definition) is 1. The molecule has 0 bridgehead atoms. The summed E-state index contributed by atoms with van der Waals surface area (Å²) in [5.41, 5.74) is 6.77. The maximum absolute atomic E-state index is 12.4. The number of nitrogens with two attached hydrogens (primary N) is 1. The van der Waals surface area contributed by atoms with E-state index >= 15 is 0 Å². The second-order valence-electron chi connectivity index (χ2n) is 5.99. The summed E-state index contributed by atoms with van der Waals surface area (Å²) in [6, 6.07) is 1.98. The van der Waals surface area contributed by atoms with Crippen LogP contribution in [-0.4, -0.2) is 23.9 Å². The number of hydrogen-bond acceptors (Lipinski definition) is 3. The maximum Gasteiger partial charge on any atom is 0.256 e. The minimum atomic E-state index is 0.0548. The zero-order valence-electron chi connectivity index (χ0n) is 11.5. The summed E-state index contributed by atoms with van der Waals surface area (Å²) in [7, 11) is 0. The van der Waals surface area contributed by atoms with Crippen molar-refractivity contribution in [1.82, 2.24) is 4.90 Å². The number of amides is 1. The van der Waals surface area contributed by atoms with Gasteiger partial charge in [-0.15, -0.1) is 11.3 Å². The summed E-state index contributed by atoms with van der Waals surface area (Å²) in [6.45, 7) is 8.19. The molecule has 3 nitrogen and oxygen atoms in total. The number of thiophene rings is 1. The van der Waals surface area contributed by atoms with E-state index < -0.39 is 0 Å². The molecule has 1 fully saturated rings. The first kappa shape index (κ1) is 13.4. The van der Waals surface area contributed by atoms with Gasteiger partial charge >= 0.3 is 0 Å². The lowest BCUT2D eigenvalue weighted by atomic mass is 9.94. The van der Waals surface area contributed by atoms with Crippen molar-refractivity contribution in [1.29, 1.82) is 0 Å². The van der Waals surface area contributed by atoms with Crippen molar-refractivity contribution in [3.8, 4) is 0 Å². The molecule has 1 amide bonds. The molecule has 1 aromatic rings. The van der Waals surface area contributed by atoms with E-state index in [0.717, 1.165) is 25.9 Å². The zero-order chi connectivity index (χ0) is 13.3. The lowest BCUT2D eigenvalue weighted by Gasteiger charge is -2.26. The van der Waals surface area contributed by atoms with Crippen LogP contribution in [0.4, 0.5) is 5.00 Å². The van der Waals surface area contributed by atoms with Crippen molar-refractivity contribution in [2.45, 2.75) is 45.4 Å². The lowest BCUT2D eigenvalue weighted by molar-refractivity contribution is 0.0726. The second kappa shape index (κ2) is 4.92. The molecule has 2 heterocycles. The standard InChI is InChI=1S/C14H22N2OS/c1-14(2,3)11-9-10(12(15)18-11)13(17)16-7-5-4-6-8-16/h9H,4-8,15H2,1-3H3. The summed E-state index contributed by atoms with van der Waals surface area (Å²) in [6.07, 6.45) is 3.46. The Balaban J connectivity index is 2.22. The van der Waals surface area contributed by atoms with Crippen LogP contribution in [0, 0.1) is 0 Å². The van der Waals surface area contributed by atoms with E-state index in [0.29, 0.717) is 10.6 Å². The van der Waals surface area contributed by atoms with Crippen molar-refractivity contribution in [2.24, 2.45) is 0 Å². The molecule has 2 rings (SSSR count). The molecule has 0 atom stereocenters. The summed E-state index contributed by atoms with van der Waals surface area (Å²) in [5.74, 6) is 0.110. The van der Waals surface area contributed by atoms with Crippen LogP contribution in [0.2, 0.25) is 0 Å². The van der Waals surface area contributed by atoms with E-state index in [2.05, 4.69) is 20.8 Å². The van der Waals surface area contributed by atoms with Crippen molar-refractivity contribution in [3.63, 3.8) is 0 Å². The molecular formula is C14H22N2OS. The molecule has 100 valence electrons. The predicted molar refractivity (Wildman–Crippen MR) is 77.2 cm³/mol. The highest BCUT2D eigenvalue weighted by Gasteiger charge is 2.25. The second-order valence-corrected chi connectivity index (χ2v) is 7.08. The monoisotopic (exact) mass is 266 g/mol. The van der Waals surface area contributed by atoms with E-state index in [1.807, 2.05) is 11.0 Å². The van der Waals surface area contributed by atoms with Gasteiger partial charge in [0.2, 0.25) is 0 Å². The Morgan fingerprint density at radius 1 is 1.28 bits per heavy atom. The third-order valence-corrected chi connectivity index (χ3v) is 4.76. The minimum absolute atomic E-state index is 0.0548. The third kappa shape index (κ3) is 2.69. The molecule has 0 spiro atoms. The van der Waals surface area contributed by atoms with E-state index in [1.165, 1.54) is 11.3 Å². The van der Waals surface area contributed by atoms with Gasteiger partial charge in [-0.3, -0.25) is 4.79 Å². The van der Waals surface area contributed by atoms with Crippen LogP contribution in [0.5, 0.6) is 0 Å². The molecule has 1 saturated heterocycles. The first-order chi connectivity index (χ1) is 8.39. The summed E-state index contributed by atoms with van der Waals surface area (Å²) in [4.78, 5) is 15.5. The third-order valence-electron chi connectivity index (χ3n) is 3.37. The molecule has 0 unspecified atom stereocenters. The Bertz CT molecular complexity index is 439. The number of piperidine rings is 1. The van der Waals surface area contributed by atoms with Crippen molar-refractivity contribution >= 4 is 22.2 Å². The van der Waals surface area contributed by atoms with Crippen molar-refractivity contribution < 1.29 is 4.79 Å². The molecule has 1 aliphatic heterocycles. The molecule has 0 radical (unpaired) electrons. The topological polar surface area (TPSA) is 46.3 Å². The normalized spacial score (nSPS) is 16.9. The van der Waals surface area contributed by atoms with Crippen LogP contribution in [0.1, 0.15) is 55.3 Å². The summed E-state index contributed by atoms with van der Waals surface area (Å²) < 4.78 is 0. The van der Waals surface area contributed by atoms with Gasteiger partial charge in [-0.2, -0.15) is 0 Å². The SMILES string of the molecule is CC(C)(C)c1cc(C(=O)N2CCCCC2)c(N)s1. The van der Waals surface area contributed by atoms with Gasteiger partial charge in [0.15, 0.2) is 0 Å². The van der Waals surface area contributed by atoms with Gasteiger partial charge < -0.3 is 10.6 Å². The predicted octanol–water partition coefficient (Wildman–Crippen LogP) is 3.25. The van der Waals surface area contributed by atoms with E-state index in [9.17, 15) is 4.79 Å². The fraction of sp³-hybridized carbons (Fsp3) is 0.643. The van der Waals surface area contributed by atoms with Crippen LogP contribution in [0.3, 0.4) is 0 Å². The number of anilines is 1. The smallest absolute Gasteiger partial charge is 0.256 e. The first-order valence-corrected chi connectivity index (χ1v) is 7.40. The quantitative estimate of drug-likeness (QED) is 0.848. The number of nitrogens with zero attached hydrogens (tertiary/aromatic N) is 1. The first-order valence-electron chi connectivity index (χ1n) is 6.58. The van der Waals surface area contributed by atoms with Crippen LogP contribution < -0.4 is 5.73 Å². The Labute approximate surface area is 113 Å². The molecule has 1 aliphatic rings. The van der Waals surface area contributed by atoms with Crippen LogP contribution >= 0.6 is 11.3 Å². The largest absolute Gasteiger partial charge is 0.390 e. The molecule has 2 N–H and O–H groups in total. The van der Waals surface area contributed by atoms with Gasteiger partial charge in [0.1, 0.15) is 0 Å². The molecule has 0 saturated carbocycles. The fourth-order valence-corrected chi connectivity index (χ4v) is 3.19. The Hall–Kier alpha value is -1.03. The molecule has 0 aromatic carbocycles. The Morgan fingerprint density at radius 2 is 1.89 bits per heavy atom.